The summed E-state index contributed by atoms with van der Waals surface area (Å²) in [6.07, 6.45) is 1.99. The molecule has 2 N–H and O–H groups in total. The zero-order valence-electron chi connectivity index (χ0n) is 22.9. The lowest BCUT2D eigenvalue weighted by Gasteiger charge is -2.58. The monoisotopic (exact) mass is 556 g/mol. The van der Waals surface area contributed by atoms with Gasteiger partial charge in [-0.25, -0.2) is 4.98 Å². The molecule has 4 aliphatic carbocycles. The molecule has 0 aromatic carbocycles. The average molecular weight is 557 g/mol. The van der Waals surface area contributed by atoms with Crippen LogP contribution in [0.15, 0.2) is 27.8 Å². The van der Waals surface area contributed by atoms with Crippen LogP contribution in [0.3, 0.4) is 0 Å². The van der Waals surface area contributed by atoms with E-state index in [1.165, 1.54) is 6.07 Å². The summed E-state index contributed by atoms with van der Waals surface area (Å²) in [5, 5.41) is 14.1. The van der Waals surface area contributed by atoms with E-state index in [-0.39, 0.29) is 17.9 Å². The van der Waals surface area contributed by atoms with Crippen LogP contribution in [0.2, 0.25) is 0 Å². The van der Waals surface area contributed by atoms with Gasteiger partial charge in [0.05, 0.1) is 29.6 Å². The van der Waals surface area contributed by atoms with Crippen molar-refractivity contribution in [3.8, 4) is 6.07 Å². The molecule has 2 aromatic heterocycles. The van der Waals surface area contributed by atoms with Gasteiger partial charge in [-0.05, 0) is 68.9 Å². The standard InChI is InChI=1S/C28H35F3N8O/c1-17-35-25(37-40-17)27-13-18-11-19(14-27)23(20(12-18)15-27)36-24(33)26(2,5-6-32)39-9-7-38(8-10-39)22-4-3-21(16-34-22)28(29,30)31/h3-4,16,18-20,23H,5,7-15H2,1-2H3,(H2,33,36). The van der Waals surface area contributed by atoms with E-state index in [1.54, 1.807) is 0 Å². The molecule has 5 aliphatic rings. The van der Waals surface area contributed by atoms with Crippen molar-refractivity contribution in [1.29, 1.82) is 5.26 Å². The molecule has 214 valence electrons. The van der Waals surface area contributed by atoms with E-state index in [2.05, 4.69) is 26.1 Å². The molecule has 9 nitrogen and oxygen atoms in total. The Morgan fingerprint density at radius 1 is 1.18 bits per heavy atom. The number of nitrogens with two attached hydrogens (primary N) is 1. The van der Waals surface area contributed by atoms with Crippen LogP contribution >= 0.6 is 0 Å². The van der Waals surface area contributed by atoms with E-state index in [0.29, 0.717) is 61.5 Å². The molecule has 4 bridgehead atoms. The summed E-state index contributed by atoms with van der Waals surface area (Å²) in [4.78, 5) is 18.0. The summed E-state index contributed by atoms with van der Waals surface area (Å²) in [6.45, 7) is 6.14. The van der Waals surface area contributed by atoms with Crippen molar-refractivity contribution in [3.05, 3.63) is 35.6 Å². The van der Waals surface area contributed by atoms with Crippen molar-refractivity contribution >= 4 is 11.7 Å². The molecule has 0 amide bonds. The van der Waals surface area contributed by atoms with Crippen LogP contribution in [0.5, 0.6) is 0 Å². The van der Waals surface area contributed by atoms with Gasteiger partial charge < -0.3 is 15.2 Å². The molecule has 4 saturated carbocycles. The third kappa shape index (κ3) is 4.62. The van der Waals surface area contributed by atoms with Crippen LogP contribution in [0.1, 0.15) is 62.7 Å². The molecular weight excluding hydrogens is 521 g/mol. The second-order valence-electron chi connectivity index (χ2n) is 12.4. The molecule has 5 fully saturated rings. The van der Waals surface area contributed by atoms with Crippen LogP contribution in [0, 0.1) is 36.0 Å². The molecule has 2 aromatic rings. The van der Waals surface area contributed by atoms with Crippen molar-refractivity contribution in [1.82, 2.24) is 20.0 Å². The van der Waals surface area contributed by atoms with Gasteiger partial charge in [-0.2, -0.15) is 23.4 Å². The quantitative estimate of drug-likeness (QED) is 0.417. The number of alkyl halides is 3. The number of aromatic nitrogens is 3. The molecule has 40 heavy (non-hydrogen) atoms. The second kappa shape index (κ2) is 9.72. The number of amidine groups is 1. The highest BCUT2D eigenvalue weighted by Crippen LogP contribution is 2.61. The summed E-state index contributed by atoms with van der Waals surface area (Å²) in [6, 6.07) is 4.92. The van der Waals surface area contributed by atoms with Gasteiger partial charge in [0.2, 0.25) is 5.89 Å². The number of anilines is 1. The minimum atomic E-state index is -4.41. The number of nitrogens with zero attached hydrogens (tertiary/aromatic N) is 7. The SMILES string of the molecule is Cc1nc(C23CC4CC(C2)C(N=C(N)C(C)(CC#N)N2CCN(c5ccc(C(F)(F)F)cn5)CC2)C(C4)C3)no1. The van der Waals surface area contributed by atoms with E-state index >= 15 is 0 Å². The molecular formula is C28H35F3N8O. The number of nitriles is 1. The lowest BCUT2D eigenvalue weighted by atomic mass is 9.47. The van der Waals surface area contributed by atoms with E-state index < -0.39 is 17.3 Å². The van der Waals surface area contributed by atoms with Crippen LogP contribution in [0.25, 0.3) is 0 Å². The van der Waals surface area contributed by atoms with E-state index in [1.807, 2.05) is 18.7 Å². The molecule has 3 unspecified atom stereocenters. The number of hydrogen-bond donors (Lipinski definition) is 1. The number of aryl methyl sites for hydroxylation is 1. The number of pyridine rings is 1. The Kier molecular flexibility index (Phi) is 6.56. The zero-order valence-corrected chi connectivity index (χ0v) is 22.9. The molecule has 3 atom stereocenters. The number of aliphatic imine (C=N–C) groups is 1. The lowest BCUT2D eigenvalue weighted by Crippen LogP contribution is -2.62. The number of hydrogen-bond acceptors (Lipinski definition) is 8. The van der Waals surface area contributed by atoms with Crippen molar-refractivity contribution in [3.63, 3.8) is 0 Å². The fourth-order valence-corrected chi connectivity index (χ4v) is 7.98. The Labute approximate surface area is 231 Å². The fraction of sp³-hybridized carbons (Fsp3) is 0.679. The first-order valence-electron chi connectivity index (χ1n) is 14.1. The Bertz CT molecular complexity index is 1290. The predicted molar refractivity (Wildman–Crippen MR) is 141 cm³/mol. The van der Waals surface area contributed by atoms with E-state index in [0.717, 1.165) is 50.2 Å². The third-order valence-corrected chi connectivity index (χ3v) is 9.87. The van der Waals surface area contributed by atoms with Gasteiger partial charge in [0, 0.05) is 44.7 Å². The van der Waals surface area contributed by atoms with Gasteiger partial charge in [0.25, 0.3) is 0 Å². The minimum Gasteiger partial charge on any atom is -0.386 e. The highest BCUT2D eigenvalue weighted by atomic mass is 19.4. The van der Waals surface area contributed by atoms with Gasteiger partial charge in [0.1, 0.15) is 11.7 Å². The van der Waals surface area contributed by atoms with Gasteiger partial charge in [-0.15, -0.1) is 0 Å². The summed E-state index contributed by atoms with van der Waals surface area (Å²) in [7, 11) is 0. The molecule has 0 spiro atoms. The first-order valence-corrected chi connectivity index (χ1v) is 14.1. The summed E-state index contributed by atoms with van der Waals surface area (Å²) < 4.78 is 44.1. The predicted octanol–water partition coefficient (Wildman–Crippen LogP) is 4.09. The van der Waals surface area contributed by atoms with Crippen molar-refractivity contribution in [2.45, 2.75) is 75.5 Å². The molecule has 12 heteroatoms. The lowest BCUT2D eigenvalue weighted by molar-refractivity contribution is -0.137. The second-order valence-corrected chi connectivity index (χ2v) is 12.4. The third-order valence-electron chi connectivity index (χ3n) is 9.87. The summed E-state index contributed by atoms with van der Waals surface area (Å²) in [5.74, 6) is 3.89. The summed E-state index contributed by atoms with van der Waals surface area (Å²) >= 11 is 0. The van der Waals surface area contributed by atoms with E-state index in [9.17, 15) is 18.4 Å². The van der Waals surface area contributed by atoms with Crippen molar-refractivity contribution in [2.24, 2.45) is 28.5 Å². The normalized spacial score (nSPS) is 32.2. The number of halogens is 3. The number of rotatable bonds is 6. The number of piperazine rings is 1. The Morgan fingerprint density at radius 2 is 1.88 bits per heavy atom. The molecule has 7 rings (SSSR count). The Hall–Kier alpha value is -3.20. The molecule has 1 aliphatic heterocycles. The maximum atomic E-state index is 12.9. The van der Waals surface area contributed by atoms with Gasteiger partial charge in [0.15, 0.2) is 5.82 Å². The van der Waals surface area contributed by atoms with Crippen molar-refractivity contribution in [2.75, 3.05) is 31.1 Å². The molecule has 0 radical (unpaired) electrons. The zero-order chi connectivity index (χ0) is 28.3. The van der Waals surface area contributed by atoms with Gasteiger partial charge >= 0.3 is 6.18 Å². The van der Waals surface area contributed by atoms with Crippen LogP contribution < -0.4 is 10.6 Å². The van der Waals surface area contributed by atoms with Crippen LogP contribution in [-0.2, 0) is 11.6 Å². The minimum absolute atomic E-state index is 0.0341. The first-order chi connectivity index (χ1) is 19.0. The van der Waals surface area contributed by atoms with E-state index in [4.69, 9.17) is 15.2 Å². The molecule has 1 saturated heterocycles. The van der Waals surface area contributed by atoms with Gasteiger partial charge in [-0.1, -0.05) is 5.16 Å². The Morgan fingerprint density at radius 3 is 2.42 bits per heavy atom. The topological polar surface area (TPSA) is 120 Å². The largest absolute Gasteiger partial charge is 0.417 e. The summed E-state index contributed by atoms with van der Waals surface area (Å²) in [5.41, 5.74) is 5.26. The maximum absolute atomic E-state index is 12.9. The van der Waals surface area contributed by atoms with Crippen LogP contribution in [0.4, 0.5) is 19.0 Å². The highest BCUT2D eigenvalue weighted by Gasteiger charge is 2.58. The van der Waals surface area contributed by atoms with Gasteiger partial charge in [-0.3, -0.25) is 9.89 Å². The molecule has 3 heterocycles. The maximum Gasteiger partial charge on any atom is 0.417 e. The van der Waals surface area contributed by atoms with Crippen molar-refractivity contribution < 1.29 is 17.7 Å². The average Bonchev–Trinajstić information content (AvgIpc) is 3.37. The smallest absolute Gasteiger partial charge is 0.386 e. The van der Waals surface area contributed by atoms with Crippen LogP contribution in [-0.4, -0.2) is 63.6 Å². The Balaban J connectivity index is 1.17. The first kappa shape index (κ1) is 27.0. The fourth-order valence-electron chi connectivity index (χ4n) is 7.98. The highest BCUT2D eigenvalue weighted by molar-refractivity contribution is 5.90.